The van der Waals surface area contributed by atoms with Gasteiger partial charge < -0.3 is 15.4 Å². The van der Waals surface area contributed by atoms with E-state index in [0.717, 1.165) is 13.1 Å². The highest BCUT2D eigenvalue weighted by Gasteiger charge is 2.17. The molecule has 0 radical (unpaired) electrons. The number of carbonyl (C=O) groups is 1. The first kappa shape index (κ1) is 16.2. The molecule has 2 rings (SSSR count). The van der Waals surface area contributed by atoms with E-state index in [9.17, 15) is 9.18 Å². The predicted molar refractivity (Wildman–Crippen MR) is 80.1 cm³/mol. The number of morpholine rings is 1. The second-order valence-electron chi connectivity index (χ2n) is 5.07. The lowest BCUT2D eigenvalue weighted by molar-refractivity contribution is -0.117. The highest BCUT2D eigenvalue weighted by atomic mass is 35.5. The van der Waals surface area contributed by atoms with Crippen molar-refractivity contribution in [2.75, 3.05) is 45.2 Å². The van der Waals surface area contributed by atoms with Crippen LogP contribution >= 0.6 is 11.6 Å². The smallest absolute Gasteiger partial charge is 0.238 e. The number of anilines is 1. The summed E-state index contributed by atoms with van der Waals surface area (Å²) in [6.45, 7) is 3.13. The Balaban J connectivity index is 1.80. The van der Waals surface area contributed by atoms with Crippen molar-refractivity contribution in [1.29, 1.82) is 0 Å². The summed E-state index contributed by atoms with van der Waals surface area (Å²) in [5, 5.41) is 6.06. The van der Waals surface area contributed by atoms with E-state index < -0.39 is 5.82 Å². The van der Waals surface area contributed by atoms with Crippen molar-refractivity contribution < 1.29 is 13.9 Å². The fourth-order valence-corrected chi connectivity index (χ4v) is 2.33. The van der Waals surface area contributed by atoms with Crippen molar-refractivity contribution in [2.24, 2.45) is 0 Å². The summed E-state index contributed by atoms with van der Waals surface area (Å²) < 4.78 is 19.2. The van der Waals surface area contributed by atoms with Crippen LogP contribution in [0.4, 0.5) is 10.1 Å². The minimum Gasteiger partial charge on any atom is -0.374 e. The topological polar surface area (TPSA) is 53.6 Å². The molecule has 2 N–H and O–H groups in total. The summed E-state index contributed by atoms with van der Waals surface area (Å²) in [5.41, 5.74) is 0.133. The third kappa shape index (κ3) is 5.24. The molecule has 1 aromatic rings. The van der Waals surface area contributed by atoms with E-state index in [4.69, 9.17) is 16.3 Å². The van der Waals surface area contributed by atoms with Gasteiger partial charge in [-0.25, -0.2) is 4.39 Å². The van der Waals surface area contributed by atoms with Crippen molar-refractivity contribution in [2.45, 2.75) is 6.10 Å². The van der Waals surface area contributed by atoms with Gasteiger partial charge in [0.1, 0.15) is 5.82 Å². The Labute approximate surface area is 128 Å². The van der Waals surface area contributed by atoms with Gasteiger partial charge in [-0.3, -0.25) is 9.69 Å². The van der Waals surface area contributed by atoms with E-state index in [0.29, 0.717) is 18.2 Å². The predicted octanol–water partition coefficient (Wildman–Crippen LogP) is 1.34. The molecule has 0 saturated carbocycles. The minimum atomic E-state index is -0.543. The Bertz CT molecular complexity index is 495. The van der Waals surface area contributed by atoms with Crippen molar-refractivity contribution in [3.05, 3.63) is 29.0 Å². The zero-order valence-electron chi connectivity index (χ0n) is 11.9. The van der Waals surface area contributed by atoms with Crippen LogP contribution in [-0.4, -0.2) is 56.7 Å². The zero-order chi connectivity index (χ0) is 15.2. The second-order valence-corrected chi connectivity index (χ2v) is 5.50. The summed E-state index contributed by atoms with van der Waals surface area (Å²) in [5.74, 6) is -0.819. The summed E-state index contributed by atoms with van der Waals surface area (Å²) >= 11 is 5.67. The van der Waals surface area contributed by atoms with E-state index in [1.165, 1.54) is 18.2 Å². The number of amides is 1. The maximum Gasteiger partial charge on any atom is 0.238 e. The first-order valence-electron chi connectivity index (χ1n) is 6.80. The van der Waals surface area contributed by atoms with Crippen molar-refractivity contribution in [1.82, 2.24) is 10.2 Å². The first-order chi connectivity index (χ1) is 10.0. The Morgan fingerprint density at radius 1 is 1.62 bits per heavy atom. The van der Waals surface area contributed by atoms with Gasteiger partial charge in [-0.1, -0.05) is 11.6 Å². The number of halogens is 2. The molecule has 0 bridgehead atoms. The average molecular weight is 316 g/mol. The van der Waals surface area contributed by atoms with Crippen LogP contribution in [0.15, 0.2) is 18.2 Å². The molecular weight excluding hydrogens is 297 g/mol. The Morgan fingerprint density at radius 3 is 3.10 bits per heavy atom. The van der Waals surface area contributed by atoms with E-state index in [1.807, 2.05) is 11.9 Å². The van der Waals surface area contributed by atoms with Crippen molar-refractivity contribution in [3.8, 4) is 0 Å². The molecule has 1 aliphatic heterocycles. The van der Waals surface area contributed by atoms with Crippen LogP contribution in [0.25, 0.3) is 0 Å². The molecule has 1 unspecified atom stereocenters. The summed E-state index contributed by atoms with van der Waals surface area (Å²) in [7, 11) is 1.83. The van der Waals surface area contributed by atoms with E-state index in [-0.39, 0.29) is 24.2 Å². The molecule has 116 valence electrons. The van der Waals surface area contributed by atoms with Crippen molar-refractivity contribution in [3.63, 3.8) is 0 Å². The molecule has 5 nitrogen and oxygen atoms in total. The number of hydrogen-bond acceptors (Lipinski definition) is 4. The minimum absolute atomic E-state index is 0.0730. The quantitative estimate of drug-likeness (QED) is 0.861. The van der Waals surface area contributed by atoms with Crippen LogP contribution in [0, 0.1) is 5.82 Å². The molecule has 0 aromatic heterocycles. The van der Waals surface area contributed by atoms with Crippen LogP contribution in [0.3, 0.4) is 0 Å². The van der Waals surface area contributed by atoms with E-state index in [1.54, 1.807) is 0 Å². The molecule has 0 spiro atoms. The van der Waals surface area contributed by atoms with E-state index >= 15 is 0 Å². The largest absolute Gasteiger partial charge is 0.374 e. The first-order valence-corrected chi connectivity index (χ1v) is 7.18. The molecule has 1 saturated heterocycles. The Morgan fingerprint density at radius 2 is 2.43 bits per heavy atom. The maximum absolute atomic E-state index is 13.6. The second kappa shape index (κ2) is 7.70. The van der Waals surface area contributed by atoms with Crippen LogP contribution in [0.1, 0.15) is 0 Å². The van der Waals surface area contributed by atoms with Gasteiger partial charge in [-0.05, 0) is 25.2 Å². The number of ether oxygens (including phenoxy) is 1. The number of carbonyl (C=O) groups excluding carboxylic acids is 1. The lowest BCUT2D eigenvalue weighted by atomic mass is 10.3. The number of hydrogen-bond donors (Lipinski definition) is 2. The molecule has 7 heteroatoms. The van der Waals surface area contributed by atoms with Crippen LogP contribution in [0.5, 0.6) is 0 Å². The third-order valence-electron chi connectivity index (χ3n) is 3.14. The third-order valence-corrected chi connectivity index (χ3v) is 3.37. The molecule has 1 heterocycles. The number of benzene rings is 1. The summed E-state index contributed by atoms with van der Waals surface area (Å²) in [4.78, 5) is 13.7. The molecule has 1 atom stereocenters. The van der Waals surface area contributed by atoms with Gasteiger partial charge in [0.05, 0.1) is 24.9 Å². The fraction of sp³-hybridized carbons (Fsp3) is 0.500. The van der Waals surface area contributed by atoms with Gasteiger partial charge in [0, 0.05) is 24.7 Å². The van der Waals surface area contributed by atoms with Gasteiger partial charge in [-0.2, -0.15) is 0 Å². The molecule has 1 aromatic carbocycles. The molecule has 1 aliphatic rings. The molecule has 1 amide bonds. The SMILES string of the molecule is CN(CC(=O)Nc1ccc(Cl)cc1F)CC1CNCCO1. The fourth-order valence-electron chi connectivity index (χ4n) is 2.17. The normalized spacial score (nSPS) is 18.8. The number of nitrogens with zero attached hydrogens (tertiary/aromatic N) is 1. The lowest BCUT2D eigenvalue weighted by Gasteiger charge is -2.27. The highest BCUT2D eigenvalue weighted by molar-refractivity contribution is 6.30. The van der Waals surface area contributed by atoms with Crippen LogP contribution in [0.2, 0.25) is 5.02 Å². The molecule has 21 heavy (non-hydrogen) atoms. The Hall–Kier alpha value is -1.21. The molecule has 1 fully saturated rings. The molecule has 0 aliphatic carbocycles. The summed E-state index contributed by atoms with van der Waals surface area (Å²) in [6.07, 6.45) is 0.0730. The van der Waals surface area contributed by atoms with Gasteiger partial charge in [-0.15, -0.1) is 0 Å². The van der Waals surface area contributed by atoms with Gasteiger partial charge in [0.15, 0.2) is 0 Å². The highest BCUT2D eigenvalue weighted by Crippen LogP contribution is 2.18. The monoisotopic (exact) mass is 315 g/mol. The van der Waals surface area contributed by atoms with Crippen LogP contribution in [-0.2, 0) is 9.53 Å². The van der Waals surface area contributed by atoms with Gasteiger partial charge in [0.2, 0.25) is 5.91 Å². The zero-order valence-corrected chi connectivity index (χ0v) is 12.6. The lowest BCUT2D eigenvalue weighted by Crippen LogP contribution is -2.45. The van der Waals surface area contributed by atoms with Gasteiger partial charge in [0.25, 0.3) is 0 Å². The van der Waals surface area contributed by atoms with Crippen LogP contribution < -0.4 is 10.6 Å². The number of rotatable bonds is 5. The van der Waals surface area contributed by atoms with Crippen molar-refractivity contribution >= 4 is 23.2 Å². The summed E-state index contributed by atoms with van der Waals surface area (Å²) in [6, 6.07) is 4.15. The maximum atomic E-state index is 13.6. The Kier molecular flexibility index (Phi) is 5.93. The average Bonchev–Trinajstić information content (AvgIpc) is 2.43. The van der Waals surface area contributed by atoms with E-state index in [2.05, 4.69) is 10.6 Å². The number of likely N-dealkylation sites (N-methyl/N-ethyl adjacent to an activating group) is 1. The number of nitrogens with one attached hydrogen (secondary N) is 2. The standard InChI is InChI=1S/C14H19ClFN3O2/c1-19(8-11-7-17-4-5-21-11)9-14(20)18-13-3-2-10(15)6-12(13)16/h2-3,6,11,17H,4-5,7-9H2,1H3,(H,18,20). The van der Waals surface area contributed by atoms with Gasteiger partial charge >= 0.3 is 0 Å². The molecular formula is C14H19ClFN3O2.